The summed E-state index contributed by atoms with van der Waals surface area (Å²) in [6, 6.07) is 0.685. The van der Waals surface area contributed by atoms with E-state index in [4.69, 9.17) is 0 Å². The van der Waals surface area contributed by atoms with Crippen molar-refractivity contribution in [2.75, 3.05) is 20.6 Å². The summed E-state index contributed by atoms with van der Waals surface area (Å²) < 4.78 is 0. The van der Waals surface area contributed by atoms with Gasteiger partial charge in [-0.2, -0.15) is 0 Å². The Balaban J connectivity index is 2.46. The fraction of sp³-hybridized carbons (Fsp3) is 0.875. The van der Waals surface area contributed by atoms with Gasteiger partial charge in [0.15, 0.2) is 0 Å². The molecule has 1 aliphatic rings. The van der Waals surface area contributed by atoms with Crippen LogP contribution < -0.4 is 0 Å². The van der Waals surface area contributed by atoms with Gasteiger partial charge in [-0.05, 0) is 19.8 Å². The third-order valence-electron chi connectivity index (χ3n) is 1.96. The summed E-state index contributed by atoms with van der Waals surface area (Å²) >= 11 is 0. The van der Waals surface area contributed by atoms with Crippen molar-refractivity contribution in [3.8, 4) is 0 Å². The highest BCUT2D eigenvalue weighted by molar-refractivity contribution is 5.74. The number of rotatable bonds is 2. The van der Waals surface area contributed by atoms with Gasteiger partial charge >= 0.3 is 6.03 Å². The number of hydrogen-bond acceptors (Lipinski definition) is 1. The van der Waals surface area contributed by atoms with Crippen molar-refractivity contribution in [2.24, 2.45) is 0 Å². The van der Waals surface area contributed by atoms with E-state index in [1.165, 1.54) is 12.8 Å². The van der Waals surface area contributed by atoms with Gasteiger partial charge < -0.3 is 9.80 Å². The largest absolute Gasteiger partial charge is 0.331 e. The van der Waals surface area contributed by atoms with Crippen LogP contribution in [0.4, 0.5) is 4.79 Å². The molecule has 0 spiro atoms. The van der Waals surface area contributed by atoms with Crippen LogP contribution in [0.15, 0.2) is 0 Å². The van der Waals surface area contributed by atoms with E-state index in [-0.39, 0.29) is 6.03 Å². The van der Waals surface area contributed by atoms with Gasteiger partial charge in [0.1, 0.15) is 0 Å². The van der Waals surface area contributed by atoms with Gasteiger partial charge in [0.2, 0.25) is 0 Å². The molecule has 0 atom stereocenters. The Morgan fingerprint density at radius 2 is 2.00 bits per heavy atom. The van der Waals surface area contributed by atoms with Crippen LogP contribution in [0.3, 0.4) is 0 Å². The number of nitrogens with zero attached hydrogens (tertiary/aromatic N) is 2. The van der Waals surface area contributed by atoms with E-state index >= 15 is 0 Å². The second-order valence-corrected chi connectivity index (χ2v) is 3.19. The second-order valence-electron chi connectivity index (χ2n) is 3.19. The SMILES string of the molecule is CCN(C(=O)N(C)C)C1CC1. The van der Waals surface area contributed by atoms with Crippen molar-refractivity contribution < 1.29 is 4.79 Å². The molecule has 0 N–H and O–H groups in total. The maximum absolute atomic E-state index is 11.4. The lowest BCUT2D eigenvalue weighted by Gasteiger charge is -2.24. The molecule has 0 aromatic carbocycles. The Morgan fingerprint density at radius 1 is 1.45 bits per heavy atom. The summed E-state index contributed by atoms with van der Waals surface area (Å²) in [5, 5.41) is 0. The van der Waals surface area contributed by atoms with Gasteiger partial charge in [0.05, 0.1) is 0 Å². The van der Waals surface area contributed by atoms with Gasteiger partial charge in [0, 0.05) is 26.7 Å². The Bertz CT molecular complexity index is 152. The molecule has 0 aromatic heterocycles. The predicted octanol–water partition coefficient (Wildman–Crippen LogP) is 1.15. The summed E-state index contributed by atoms with van der Waals surface area (Å²) in [5.74, 6) is 0. The van der Waals surface area contributed by atoms with E-state index in [0.29, 0.717) is 6.04 Å². The summed E-state index contributed by atoms with van der Waals surface area (Å²) in [4.78, 5) is 15.0. The molecule has 3 heteroatoms. The molecular weight excluding hydrogens is 140 g/mol. The Morgan fingerprint density at radius 3 is 2.27 bits per heavy atom. The third kappa shape index (κ3) is 1.85. The van der Waals surface area contributed by atoms with E-state index in [1.54, 1.807) is 19.0 Å². The topological polar surface area (TPSA) is 23.6 Å². The summed E-state index contributed by atoms with van der Waals surface area (Å²) in [6.07, 6.45) is 2.38. The van der Waals surface area contributed by atoms with Gasteiger partial charge in [-0.1, -0.05) is 0 Å². The fourth-order valence-electron chi connectivity index (χ4n) is 1.19. The number of amides is 2. The quantitative estimate of drug-likeness (QED) is 0.588. The van der Waals surface area contributed by atoms with E-state index < -0.39 is 0 Å². The number of hydrogen-bond donors (Lipinski definition) is 0. The van der Waals surface area contributed by atoms with Crippen LogP contribution in [0.2, 0.25) is 0 Å². The van der Waals surface area contributed by atoms with Gasteiger partial charge in [-0.15, -0.1) is 0 Å². The Hall–Kier alpha value is -0.730. The lowest BCUT2D eigenvalue weighted by atomic mass is 10.5. The average Bonchev–Trinajstić information content (AvgIpc) is 2.72. The van der Waals surface area contributed by atoms with Crippen molar-refractivity contribution in [1.29, 1.82) is 0 Å². The molecule has 0 unspecified atom stereocenters. The normalized spacial score (nSPS) is 16.3. The molecule has 1 aliphatic carbocycles. The average molecular weight is 156 g/mol. The lowest BCUT2D eigenvalue weighted by Crippen LogP contribution is -2.40. The standard InChI is InChI=1S/C8H16N2O/c1-4-10(7-5-6-7)8(11)9(2)3/h7H,4-6H2,1-3H3. The molecule has 0 radical (unpaired) electrons. The highest BCUT2D eigenvalue weighted by Gasteiger charge is 2.31. The fourth-order valence-corrected chi connectivity index (χ4v) is 1.19. The van der Waals surface area contributed by atoms with Gasteiger partial charge in [-0.25, -0.2) is 4.79 Å². The first-order valence-electron chi connectivity index (χ1n) is 4.14. The first-order valence-corrected chi connectivity index (χ1v) is 4.14. The molecule has 1 fully saturated rings. The van der Waals surface area contributed by atoms with Crippen LogP contribution in [-0.2, 0) is 0 Å². The van der Waals surface area contributed by atoms with Gasteiger partial charge in [-0.3, -0.25) is 0 Å². The minimum absolute atomic E-state index is 0.148. The van der Waals surface area contributed by atoms with Crippen LogP contribution in [0.5, 0.6) is 0 Å². The van der Waals surface area contributed by atoms with Crippen molar-refractivity contribution in [2.45, 2.75) is 25.8 Å². The maximum atomic E-state index is 11.4. The van der Waals surface area contributed by atoms with Crippen LogP contribution in [-0.4, -0.2) is 42.5 Å². The zero-order valence-electron chi connectivity index (χ0n) is 7.50. The molecule has 0 aliphatic heterocycles. The number of carbonyl (C=O) groups is 1. The molecule has 64 valence electrons. The Labute approximate surface area is 68.0 Å². The van der Waals surface area contributed by atoms with Crippen LogP contribution >= 0.6 is 0 Å². The molecule has 0 bridgehead atoms. The van der Waals surface area contributed by atoms with E-state index in [0.717, 1.165) is 6.54 Å². The number of urea groups is 1. The molecule has 0 saturated heterocycles. The van der Waals surface area contributed by atoms with Crippen molar-refractivity contribution in [1.82, 2.24) is 9.80 Å². The lowest BCUT2D eigenvalue weighted by molar-refractivity contribution is 0.171. The summed E-state index contributed by atoms with van der Waals surface area (Å²) in [6.45, 7) is 2.86. The van der Waals surface area contributed by atoms with Crippen molar-refractivity contribution in [3.63, 3.8) is 0 Å². The molecule has 1 saturated carbocycles. The minimum Gasteiger partial charge on any atom is -0.331 e. The van der Waals surface area contributed by atoms with Crippen LogP contribution in [0.25, 0.3) is 0 Å². The maximum Gasteiger partial charge on any atom is 0.319 e. The highest BCUT2D eigenvalue weighted by atomic mass is 16.2. The number of carbonyl (C=O) groups excluding carboxylic acids is 1. The van der Waals surface area contributed by atoms with E-state index in [1.807, 2.05) is 11.8 Å². The summed E-state index contributed by atoms with van der Waals surface area (Å²) in [5.41, 5.74) is 0. The van der Waals surface area contributed by atoms with Crippen molar-refractivity contribution >= 4 is 6.03 Å². The highest BCUT2D eigenvalue weighted by Crippen LogP contribution is 2.26. The minimum atomic E-state index is 0.148. The zero-order valence-corrected chi connectivity index (χ0v) is 7.50. The first kappa shape index (κ1) is 8.37. The van der Waals surface area contributed by atoms with Crippen molar-refractivity contribution in [3.05, 3.63) is 0 Å². The molecule has 0 heterocycles. The smallest absolute Gasteiger partial charge is 0.319 e. The molecule has 1 rings (SSSR count). The van der Waals surface area contributed by atoms with Gasteiger partial charge in [0.25, 0.3) is 0 Å². The second kappa shape index (κ2) is 3.11. The monoisotopic (exact) mass is 156 g/mol. The zero-order chi connectivity index (χ0) is 8.43. The Kier molecular flexibility index (Phi) is 2.37. The molecule has 0 aromatic rings. The summed E-state index contributed by atoms with van der Waals surface area (Å²) in [7, 11) is 3.60. The third-order valence-corrected chi connectivity index (χ3v) is 1.96. The first-order chi connectivity index (χ1) is 5.16. The van der Waals surface area contributed by atoms with E-state index in [9.17, 15) is 4.79 Å². The molecule has 3 nitrogen and oxygen atoms in total. The molecular formula is C8H16N2O. The predicted molar refractivity (Wildman–Crippen MR) is 44.5 cm³/mol. The molecule has 11 heavy (non-hydrogen) atoms. The van der Waals surface area contributed by atoms with Crippen LogP contribution in [0, 0.1) is 0 Å². The van der Waals surface area contributed by atoms with E-state index in [2.05, 4.69) is 0 Å². The molecule has 2 amide bonds. The van der Waals surface area contributed by atoms with Crippen LogP contribution in [0.1, 0.15) is 19.8 Å².